The van der Waals surface area contributed by atoms with E-state index in [1.54, 1.807) is 0 Å². The van der Waals surface area contributed by atoms with Gasteiger partial charge in [0.15, 0.2) is 0 Å². The van der Waals surface area contributed by atoms with Gasteiger partial charge >= 0.3 is 0 Å². The molecule has 2 nitrogen and oxygen atoms in total. The first kappa shape index (κ1) is 9.47. The molecule has 1 aliphatic carbocycles. The Balaban J connectivity index is 1.69. The van der Waals surface area contributed by atoms with Crippen molar-refractivity contribution in [2.75, 3.05) is 13.1 Å². The Kier molecular flexibility index (Phi) is 3.62. The first-order chi connectivity index (χ1) is 6.45. The van der Waals surface area contributed by atoms with Crippen LogP contribution in [0, 0.1) is 0 Å². The van der Waals surface area contributed by atoms with E-state index in [-0.39, 0.29) is 0 Å². The third kappa shape index (κ3) is 2.96. The summed E-state index contributed by atoms with van der Waals surface area (Å²) in [5.74, 6) is 0. The summed E-state index contributed by atoms with van der Waals surface area (Å²) < 4.78 is 0. The fraction of sp³-hybridized carbons (Fsp3) is 1.00. The van der Waals surface area contributed by atoms with Crippen molar-refractivity contribution in [2.24, 2.45) is 0 Å². The Morgan fingerprint density at radius 2 is 1.62 bits per heavy atom. The Hall–Kier alpha value is -0.0800. The number of hydrogen-bond acceptors (Lipinski definition) is 2. The lowest BCUT2D eigenvalue weighted by Crippen LogP contribution is -2.47. The van der Waals surface area contributed by atoms with Crippen LogP contribution in [0.3, 0.4) is 0 Å². The minimum Gasteiger partial charge on any atom is -0.315 e. The lowest BCUT2D eigenvalue weighted by molar-refractivity contribution is 0.300. The van der Waals surface area contributed by atoms with E-state index in [9.17, 15) is 0 Å². The Labute approximate surface area is 81.5 Å². The second-order valence-corrected chi connectivity index (χ2v) is 4.54. The van der Waals surface area contributed by atoms with Crippen LogP contribution in [0.25, 0.3) is 0 Å². The quantitative estimate of drug-likeness (QED) is 0.678. The summed E-state index contributed by atoms with van der Waals surface area (Å²) >= 11 is 0. The molecule has 0 aromatic carbocycles. The van der Waals surface area contributed by atoms with Gasteiger partial charge in [-0.05, 0) is 32.2 Å². The molecular formula is C11H22N2. The Morgan fingerprint density at radius 1 is 0.846 bits per heavy atom. The van der Waals surface area contributed by atoms with Gasteiger partial charge in [-0.3, -0.25) is 0 Å². The van der Waals surface area contributed by atoms with Crippen LogP contribution in [0.1, 0.15) is 44.9 Å². The average Bonchev–Trinajstić information content (AvgIpc) is 2.21. The highest BCUT2D eigenvalue weighted by molar-refractivity contribution is 4.81. The van der Waals surface area contributed by atoms with Gasteiger partial charge in [-0.1, -0.05) is 19.3 Å². The molecule has 2 N–H and O–H groups in total. The fourth-order valence-corrected chi connectivity index (χ4v) is 2.60. The first-order valence-electron chi connectivity index (χ1n) is 5.92. The molecule has 0 radical (unpaired) electrons. The molecule has 0 bridgehead atoms. The van der Waals surface area contributed by atoms with Crippen LogP contribution in [-0.4, -0.2) is 25.2 Å². The van der Waals surface area contributed by atoms with Crippen molar-refractivity contribution in [3.05, 3.63) is 0 Å². The van der Waals surface area contributed by atoms with Crippen LogP contribution < -0.4 is 10.6 Å². The van der Waals surface area contributed by atoms with Gasteiger partial charge in [-0.2, -0.15) is 0 Å². The van der Waals surface area contributed by atoms with Crippen molar-refractivity contribution in [2.45, 2.75) is 57.0 Å². The highest BCUT2D eigenvalue weighted by Gasteiger charge is 2.18. The molecule has 1 atom stereocenters. The second kappa shape index (κ2) is 4.97. The molecule has 0 aromatic rings. The molecule has 2 rings (SSSR count). The maximum Gasteiger partial charge on any atom is 0.0195 e. The standard InChI is InChI=1S/C11H22N2/c1-2-5-10(6-3-1)13-11-7-4-8-12-9-11/h10-13H,1-9H2/t11-/m1/s1. The highest BCUT2D eigenvalue weighted by atomic mass is 15.0. The first-order valence-corrected chi connectivity index (χ1v) is 5.92. The number of hydrogen-bond donors (Lipinski definition) is 2. The van der Waals surface area contributed by atoms with Gasteiger partial charge in [0.05, 0.1) is 0 Å². The van der Waals surface area contributed by atoms with E-state index in [0.717, 1.165) is 12.1 Å². The van der Waals surface area contributed by atoms with Crippen molar-refractivity contribution in [3.8, 4) is 0 Å². The molecule has 0 amide bonds. The summed E-state index contributed by atoms with van der Waals surface area (Å²) in [7, 11) is 0. The maximum atomic E-state index is 3.80. The minimum absolute atomic E-state index is 0.761. The summed E-state index contributed by atoms with van der Waals surface area (Å²) in [6.45, 7) is 2.42. The van der Waals surface area contributed by atoms with Gasteiger partial charge in [0.2, 0.25) is 0 Å². The molecule has 13 heavy (non-hydrogen) atoms. The van der Waals surface area contributed by atoms with Crippen molar-refractivity contribution in [1.29, 1.82) is 0 Å². The molecule has 1 saturated carbocycles. The molecule has 76 valence electrons. The SMILES string of the molecule is C1CCC(N[C@@H]2CCCNC2)CC1. The van der Waals surface area contributed by atoms with Gasteiger partial charge in [-0.15, -0.1) is 0 Å². The Morgan fingerprint density at radius 3 is 2.31 bits per heavy atom. The summed E-state index contributed by atoms with van der Waals surface area (Å²) in [5.41, 5.74) is 0. The van der Waals surface area contributed by atoms with E-state index in [0.29, 0.717) is 0 Å². The molecule has 0 unspecified atom stereocenters. The highest BCUT2D eigenvalue weighted by Crippen LogP contribution is 2.18. The molecule has 2 heteroatoms. The molecule has 1 saturated heterocycles. The molecule has 2 aliphatic rings. The molecule has 0 spiro atoms. The normalized spacial score (nSPS) is 31.8. The van der Waals surface area contributed by atoms with E-state index in [4.69, 9.17) is 0 Å². The summed E-state index contributed by atoms with van der Waals surface area (Å²) in [5, 5.41) is 7.26. The lowest BCUT2D eigenvalue weighted by Gasteiger charge is -2.31. The van der Waals surface area contributed by atoms with Crippen LogP contribution in [0.2, 0.25) is 0 Å². The van der Waals surface area contributed by atoms with Gasteiger partial charge < -0.3 is 10.6 Å². The van der Waals surface area contributed by atoms with Crippen molar-refractivity contribution in [1.82, 2.24) is 10.6 Å². The predicted molar refractivity (Wildman–Crippen MR) is 55.9 cm³/mol. The largest absolute Gasteiger partial charge is 0.315 e. The molecule has 1 heterocycles. The third-order valence-corrected chi connectivity index (χ3v) is 3.37. The minimum atomic E-state index is 0.761. The van der Waals surface area contributed by atoms with Gasteiger partial charge in [0.1, 0.15) is 0 Å². The Bertz CT molecular complexity index is 119. The van der Waals surface area contributed by atoms with E-state index in [2.05, 4.69) is 10.6 Å². The van der Waals surface area contributed by atoms with E-state index in [1.165, 1.54) is 58.0 Å². The number of piperidine rings is 1. The number of rotatable bonds is 2. The topological polar surface area (TPSA) is 24.1 Å². The van der Waals surface area contributed by atoms with Crippen LogP contribution in [0.15, 0.2) is 0 Å². The van der Waals surface area contributed by atoms with Crippen molar-refractivity contribution < 1.29 is 0 Å². The van der Waals surface area contributed by atoms with E-state index >= 15 is 0 Å². The van der Waals surface area contributed by atoms with Crippen LogP contribution in [0.4, 0.5) is 0 Å². The smallest absolute Gasteiger partial charge is 0.0195 e. The van der Waals surface area contributed by atoms with E-state index < -0.39 is 0 Å². The predicted octanol–water partition coefficient (Wildman–Crippen LogP) is 1.66. The lowest BCUT2D eigenvalue weighted by atomic mass is 9.94. The van der Waals surface area contributed by atoms with Gasteiger partial charge in [0.25, 0.3) is 0 Å². The summed E-state index contributed by atoms with van der Waals surface area (Å²) in [4.78, 5) is 0. The zero-order valence-electron chi connectivity index (χ0n) is 8.52. The van der Waals surface area contributed by atoms with E-state index in [1.807, 2.05) is 0 Å². The van der Waals surface area contributed by atoms with Crippen molar-refractivity contribution in [3.63, 3.8) is 0 Å². The molecule has 2 fully saturated rings. The third-order valence-electron chi connectivity index (χ3n) is 3.37. The maximum absolute atomic E-state index is 3.80. The number of nitrogens with one attached hydrogen (secondary N) is 2. The zero-order valence-corrected chi connectivity index (χ0v) is 8.52. The summed E-state index contributed by atoms with van der Waals surface area (Å²) in [6, 6.07) is 1.59. The van der Waals surface area contributed by atoms with Gasteiger partial charge in [0, 0.05) is 18.6 Å². The monoisotopic (exact) mass is 182 g/mol. The molecular weight excluding hydrogens is 160 g/mol. The fourth-order valence-electron chi connectivity index (χ4n) is 2.60. The van der Waals surface area contributed by atoms with Crippen LogP contribution >= 0.6 is 0 Å². The van der Waals surface area contributed by atoms with Gasteiger partial charge in [-0.25, -0.2) is 0 Å². The zero-order chi connectivity index (χ0) is 8.93. The van der Waals surface area contributed by atoms with Crippen LogP contribution in [-0.2, 0) is 0 Å². The molecule has 1 aliphatic heterocycles. The average molecular weight is 182 g/mol. The summed E-state index contributed by atoms with van der Waals surface area (Å²) in [6.07, 6.45) is 9.90. The van der Waals surface area contributed by atoms with Crippen molar-refractivity contribution >= 4 is 0 Å². The second-order valence-electron chi connectivity index (χ2n) is 4.54. The molecule has 0 aromatic heterocycles. The van der Waals surface area contributed by atoms with Crippen LogP contribution in [0.5, 0.6) is 0 Å².